The van der Waals surface area contributed by atoms with Crippen molar-refractivity contribution in [2.45, 2.75) is 19.0 Å². The number of hydrogen-bond donors (Lipinski definition) is 3. The average molecular weight is 312 g/mol. The van der Waals surface area contributed by atoms with Crippen molar-refractivity contribution in [2.75, 3.05) is 17.9 Å². The zero-order chi connectivity index (χ0) is 15.2. The van der Waals surface area contributed by atoms with E-state index in [0.717, 1.165) is 5.56 Å². The van der Waals surface area contributed by atoms with Crippen LogP contribution in [0.15, 0.2) is 24.3 Å². The predicted octanol–water partition coefficient (Wildman–Crippen LogP) is 1.42. The van der Waals surface area contributed by atoms with Crippen LogP contribution in [0, 0.1) is 0 Å². The Labute approximate surface area is 115 Å². The fraction of sp³-hybridized carbons (Fsp3) is 0.455. The zero-order valence-corrected chi connectivity index (χ0v) is 11.3. The van der Waals surface area contributed by atoms with Crippen LogP contribution < -0.4 is 9.44 Å². The molecule has 0 radical (unpaired) electrons. The third-order valence-corrected chi connectivity index (χ3v) is 3.29. The van der Waals surface area contributed by atoms with E-state index in [2.05, 4.69) is 0 Å². The van der Waals surface area contributed by atoms with Crippen LogP contribution in [0.3, 0.4) is 0 Å². The van der Waals surface area contributed by atoms with Crippen molar-refractivity contribution in [1.82, 2.24) is 4.72 Å². The highest BCUT2D eigenvalue weighted by atomic mass is 32.2. The summed E-state index contributed by atoms with van der Waals surface area (Å²) in [4.78, 5) is 0. The molecule has 0 bridgehead atoms. The summed E-state index contributed by atoms with van der Waals surface area (Å²) in [7, 11) is -4.27. The number of anilines is 1. The van der Waals surface area contributed by atoms with Crippen molar-refractivity contribution in [3.8, 4) is 0 Å². The minimum Gasteiger partial charge on any atom is -0.396 e. The lowest BCUT2D eigenvalue weighted by molar-refractivity contribution is -0.121. The van der Waals surface area contributed by atoms with E-state index in [9.17, 15) is 21.6 Å². The Hall–Kier alpha value is -1.32. The van der Waals surface area contributed by atoms with Crippen LogP contribution >= 0.6 is 0 Å². The lowest BCUT2D eigenvalue weighted by Gasteiger charge is -2.11. The van der Waals surface area contributed by atoms with Gasteiger partial charge >= 0.3 is 6.18 Å². The molecule has 114 valence electrons. The van der Waals surface area contributed by atoms with E-state index < -0.39 is 22.9 Å². The molecule has 1 aromatic rings. The third kappa shape index (κ3) is 6.73. The molecule has 0 amide bonds. The van der Waals surface area contributed by atoms with Gasteiger partial charge in [0.2, 0.25) is 0 Å². The second-order valence-corrected chi connectivity index (χ2v) is 5.57. The fourth-order valence-corrected chi connectivity index (χ4v) is 2.30. The molecule has 1 rings (SSSR count). The molecule has 0 aliphatic heterocycles. The zero-order valence-electron chi connectivity index (χ0n) is 10.4. The van der Waals surface area contributed by atoms with Crippen molar-refractivity contribution >= 4 is 15.9 Å². The lowest BCUT2D eigenvalue weighted by atomic mass is 10.1. The first kappa shape index (κ1) is 16.7. The minimum atomic E-state index is -4.61. The summed E-state index contributed by atoms with van der Waals surface area (Å²) in [6.07, 6.45) is -3.55. The summed E-state index contributed by atoms with van der Waals surface area (Å²) in [6, 6.07) is 6.24. The Kier molecular flexibility index (Phi) is 5.78. The topological polar surface area (TPSA) is 78.4 Å². The van der Waals surface area contributed by atoms with Gasteiger partial charge in [-0.25, -0.2) is 0 Å². The van der Waals surface area contributed by atoms with E-state index in [1.54, 1.807) is 12.1 Å². The van der Waals surface area contributed by atoms with Gasteiger partial charge in [-0.2, -0.15) is 26.3 Å². The number of hydrogen-bond acceptors (Lipinski definition) is 3. The molecular formula is C11H15F3N2O3S. The standard InChI is InChI=1S/C11H15F3N2O3S/c12-11(13,14)8-15-20(18,19)16-10-5-1-3-9(7-10)4-2-6-17/h1,3,5,7,15-17H,2,4,6,8H2. The summed E-state index contributed by atoms with van der Waals surface area (Å²) in [5.74, 6) is 0. The molecule has 0 spiro atoms. The van der Waals surface area contributed by atoms with Gasteiger partial charge in [-0.3, -0.25) is 4.72 Å². The van der Waals surface area contributed by atoms with E-state index >= 15 is 0 Å². The number of aliphatic hydroxyl groups is 1. The number of rotatable bonds is 7. The second kappa shape index (κ2) is 6.91. The molecule has 1 aromatic carbocycles. The van der Waals surface area contributed by atoms with Crippen molar-refractivity contribution in [3.63, 3.8) is 0 Å². The van der Waals surface area contributed by atoms with Crippen LogP contribution in [0.5, 0.6) is 0 Å². The number of halogens is 3. The van der Waals surface area contributed by atoms with Gasteiger partial charge in [0, 0.05) is 6.61 Å². The predicted molar refractivity (Wildman–Crippen MR) is 68.4 cm³/mol. The molecule has 5 nitrogen and oxygen atoms in total. The number of aliphatic hydroxyl groups excluding tert-OH is 1. The van der Waals surface area contributed by atoms with Crippen LogP contribution in [-0.2, 0) is 16.6 Å². The summed E-state index contributed by atoms with van der Waals surface area (Å²) >= 11 is 0. The molecule has 0 fully saturated rings. The summed E-state index contributed by atoms with van der Waals surface area (Å²) in [5, 5.41) is 8.70. The molecule has 9 heteroatoms. The molecule has 3 N–H and O–H groups in total. The quantitative estimate of drug-likeness (QED) is 0.712. The maximum Gasteiger partial charge on any atom is 0.402 e. The maximum atomic E-state index is 11.9. The highest BCUT2D eigenvalue weighted by Gasteiger charge is 2.29. The maximum absolute atomic E-state index is 11.9. The Morgan fingerprint density at radius 3 is 2.55 bits per heavy atom. The molecular weight excluding hydrogens is 297 g/mol. The van der Waals surface area contributed by atoms with Gasteiger partial charge in [-0.1, -0.05) is 12.1 Å². The van der Waals surface area contributed by atoms with Crippen LogP contribution in [0.1, 0.15) is 12.0 Å². The monoisotopic (exact) mass is 312 g/mol. The number of benzene rings is 1. The van der Waals surface area contributed by atoms with Gasteiger partial charge in [0.1, 0.15) is 6.54 Å². The van der Waals surface area contributed by atoms with E-state index in [-0.39, 0.29) is 12.3 Å². The van der Waals surface area contributed by atoms with E-state index in [1.165, 1.54) is 16.9 Å². The Morgan fingerprint density at radius 1 is 1.25 bits per heavy atom. The van der Waals surface area contributed by atoms with Crippen LogP contribution in [0.25, 0.3) is 0 Å². The highest BCUT2D eigenvalue weighted by molar-refractivity contribution is 7.90. The van der Waals surface area contributed by atoms with E-state index in [4.69, 9.17) is 5.11 Å². The van der Waals surface area contributed by atoms with Crippen LogP contribution in [-0.4, -0.2) is 32.9 Å². The normalized spacial score (nSPS) is 12.4. The molecule has 20 heavy (non-hydrogen) atoms. The second-order valence-electron chi connectivity index (χ2n) is 4.07. The number of aryl methyl sites for hydroxylation is 1. The highest BCUT2D eigenvalue weighted by Crippen LogP contribution is 2.15. The van der Waals surface area contributed by atoms with Crippen LogP contribution in [0.2, 0.25) is 0 Å². The first-order chi connectivity index (χ1) is 9.22. The molecule has 0 unspecified atom stereocenters. The molecule has 0 atom stereocenters. The van der Waals surface area contributed by atoms with Gasteiger partial charge < -0.3 is 5.11 Å². The fourth-order valence-electron chi connectivity index (χ4n) is 1.44. The lowest BCUT2D eigenvalue weighted by Crippen LogP contribution is -2.37. The SMILES string of the molecule is O=S(=O)(NCC(F)(F)F)Nc1cccc(CCCO)c1. The van der Waals surface area contributed by atoms with Gasteiger partial charge in [-0.15, -0.1) is 0 Å². The minimum absolute atomic E-state index is 0.00307. The van der Waals surface area contributed by atoms with Gasteiger partial charge in [0.15, 0.2) is 0 Å². The third-order valence-electron chi connectivity index (χ3n) is 2.27. The van der Waals surface area contributed by atoms with E-state index in [0.29, 0.717) is 12.8 Å². The van der Waals surface area contributed by atoms with E-state index in [1.807, 2.05) is 4.72 Å². The first-order valence-corrected chi connectivity index (χ1v) is 7.24. The summed E-state index contributed by atoms with van der Waals surface area (Å²) in [6.45, 7) is -1.63. The van der Waals surface area contributed by atoms with Crippen molar-refractivity contribution in [2.24, 2.45) is 0 Å². The Morgan fingerprint density at radius 2 is 1.95 bits per heavy atom. The average Bonchev–Trinajstić information content (AvgIpc) is 2.33. The smallest absolute Gasteiger partial charge is 0.396 e. The molecule has 0 aliphatic carbocycles. The molecule has 0 aromatic heterocycles. The van der Waals surface area contributed by atoms with Crippen molar-refractivity contribution in [1.29, 1.82) is 0 Å². The molecule has 0 saturated carbocycles. The largest absolute Gasteiger partial charge is 0.402 e. The summed E-state index contributed by atoms with van der Waals surface area (Å²) < 4.78 is 62.1. The molecule has 0 heterocycles. The molecule has 0 aliphatic rings. The van der Waals surface area contributed by atoms with Gasteiger partial charge in [0.25, 0.3) is 10.2 Å². The van der Waals surface area contributed by atoms with Gasteiger partial charge in [-0.05, 0) is 30.5 Å². The first-order valence-electron chi connectivity index (χ1n) is 5.76. The Balaban J connectivity index is 2.67. The Bertz CT molecular complexity index is 532. The summed E-state index contributed by atoms with van der Waals surface area (Å²) in [5.41, 5.74) is 0.935. The van der Waals surface area contributed by atoms with Crippen molar-refractivity contribution in [3.05, 3.63) is 29.8 Å². The molecule has 0 saturated heterocycles. The van der Waals surface area contributed by atoms with Crippen LogP contribution in [0.4, 0.5) is 18.9 Å². The van der Waals surface area contributed by atoms with Gasteiger partial charge in [0.05, 0.1) is 5.69 Å². The van der Waals surface area contributed by atoms with Crippen molar-refractivity contribution < 1.29 is 26.7 Å². The number of alkyl halides is 3. The number of nitrogens with one attached hydrogen (secondary N) is 2.